The molecular formula is C21H19ClN6. The molecule has 0 amide bonds. The van der Waals surface area contributed by atoms with Crippen LogP contribution in [0, 0.1) is 18.3 Å². The van der Waals surface area contributed by atoms with E-state index >= 15 is 0 Å². The molecule has 0 unspecified atom stereocenters. The lowest BCUT2D eigenvalue weighted by atomic mass is 10.0. The molecule has 4 rings (SSSR count). The van der Waals surface area contributed by atoms with Crippen molar-refractivity contribution >= 4 is 23.3 Å². The molecule has 4 aromatic rings. The Bertz CT molecular complexity index is 1160. The minimum Gasteiger partial charge on any atom is -0.322 e. The van der Waals surface area contributed by atoms with Crippen molar-refractivity contribution in [3.63, 3.8) is 0 Å². The van der Waals surface area contributed by atoms with E-state index in [2.05, 4.69) is 21.1 Å². The maximum Gasteiger partial charge on any atom is 0.140 e. The quantitative estimate of drug-likeness (QED) is 0.573. The number of nitrogens with zero attached hydrogens (tertiary/aromatic N) is 5. The van der Waals surface area contributed by atoms with Gasteiger partial charge in [0.15, 0.2) is 0 Å². The summed E-state index contributed by atoms with van der Waals surface area (Å²) in [6, 6.07) is 17.2. The summed E-state index contributed by atoms with van der Waals surface area (Å²) < 4.78 is 1.86. The lowest BCUT2D eigenvalue weighted by molar-refractivity contribution is 0.669. The molecule has 1 aromatic carbocycles. The molecule has 0 aliphatic rings. The highest BCUT2D eigenvalue weighted by molar-refractivity contribution is 5.85. The first-order chi connectivity index (χ1) is 13.2. The van der Waals surface area contributed by atoms with E-state index in [9.17, 15) is 0 Å². The lowest BCUT2D eigenvalue weighted by Crippen LogP contribution is -2.19. The Hall–Kier alpha value is -3.27. The number of benzene rings is 1. The smallest absolute Gasteiger partial charge is 0.140 e. The molecule has 28 heavy (non-hydrogen) atoms. The Morgan fingerprint density at radius 3 is 2.79 bits per heavy atom. The highest BCUT2D eigenvalue weighted by Crippen LogP contribution is 2.24. The molecule has 0 radical (unpaired) electrons. The number of aromatic nitrogens is 4. The van der Waals surface area contributed by atoms with Crippen molar-refractivity contribution in [2.75, 3.05) is 0 Å². The van der Waals surface area contributed by atoms with Gasteiger partial charge in [0.25, 0.3) is 0 Å². The second-order valence-corrected chi connectivity index (χ2v) is 6.41. The monoisotopic (exact) mass is 390 g/mol. The predicted octanol–water partition coefficient (Wildman–Crippen LogP) is 3.66. The van der Waals surface area contributed by atoms with E-state index in [1.54, 1.807) is 12.3 Å². The van der Waals surface area contributed by atoms with Gasteiger partial charge in [-0.2, -0.15) is 10.4 Å². The Balaban J connectivity index is 0.00000225. The summed E-state index contributed by atoms with van der Waals surface area (Å²) in [6.07, 6.45) is 4.06. The topological polar surface area (TPSA) is 93.4 Å². The second kappa shape index (κ2) is 8.17. The van der Waals surface area contributed by atoms with Crippen molar-refractivity contribution in [3.05, 3.63) is 83.6 Å². The van der Waals surface area contributed by atoms with Gasteiger partial charge in [-0.05, 0) is 36.8 Å². The Morgan fingerprint density at radius 2 is 1.96 bits per heavy atom. The molecule has 140 valence electrons. The standard InChI is InChI=1S/C21H18N6.ClH/c1-14-8-9-16(12-22)26-18(14)11-17(23)21-20(7-4-10-24-21)27-19-6-3-2-5-15(19)13-25-27;/h2-10,13,17H,11,23H2,1H3;1H/t17-;/m0./s1. The molecule has 1 atom stereocenters. The van der Waals surface area contributed by atoms with E-state index in [0.717, 1.165) is 33.5 Å². The summed E-state index contributed by atoms with van der Waals surface area (Å²) in [7, 11) is 0. The minimum atomic E-state index is -0.371. The Morgan fingerprint density at radius 1 is 1.14 bits per heavy atom. The molecule has 2 N–H and O–H groups in total. The molecule has 0 bridgehead atoms. The van der Waals surface area contributed by atoms with Crippen LogP contribution in [0.15, 0.2) is 60.9 Å². The highest BCUT2D eigenvalue weighted by atomic mass is 35.5. The molecule has 0 saturated carbocycles. The van der Waals surface area contributed by atoms with Gasteiger partial charge in [0.2, 0.25) is 0 Å². The second-order valence-electron chi connectivity index (χ2n) is 6.41. The summed E-state index contributed by atoms with van der Waals surface area (Å²) in [6.45, 7) is 1.97. The van der Waals surface area contributed by atoms with Gasteiger partial charge >= 0.3 is 0 Å². The lowest BCUT2D eigenvalue weighted by Gasteiger charge is -2.16. The van der Waals surface area contributed by atoms with Crippen LogP contribution < -0.4 is 5.73 Å². The molecule has 3 aromatic heterocycles. The number of hydrogen-bond donors (Lipinski definition) is 1. The van der Waals surface area contributed by atoms with E-state index in [-0.39, 0.29) is 18.4 Å². The SMILES string of the molecule is Cc1ccc(C#N)nc1C[C@H](N)c1ncccc1-n1ncc2ccccc21.Cl. The van der Waals surface area contributed by atoms with Crippen LogP contribution in [-0.4, -0.2) is 19.7 Å². The van der Waals surface area contributed by atoms with Gasteiger partial charge < -0.3 is 5.73 Å². The maximum atomic E-state index is 9.11. The molecular weight excluding hydrogens is 372 g/mol. The fraction of sp³-hybridized carbons (Fsp3) is 0.143. The van der Waals surface area contributed by atoms with Gasteiger partial charge in [-0.3, -0.25) is 4.98 Å². The molecule has 0 aliphatic heterocycles. The fourth-order valence-electron chi connectivity index (χ4n) is 3.18. The van der Waals surface area contributed by atoms with Crippen LogP contribution in [-0.2, 0) is 6.42 Å². The molecule has 0 fully saturated rings. The number of nitrogens with two attached hydrogens (primary N) is 1. The third-order valence-electron chi connectivity index (χ3n) is 4.60. The first-order valence-corrected chi connectivity index (χ1v) is 8.67. The Kier molecular flexibility index (Phi) is 5.69. The number of aryl methyl sites for hydroxylation is 1. The summed E-state index contributed by atoms with van der Waals surface area (Å²) >= 11 is 0. The third-order valence-corrected chi connectivity index (χ3v) is 4.60. The summed E-state index contributed by atoms with van der Waals surface area (Å²) in [5.41, 5.74) is 11.3. The van der Waals surface area contributed by atoms with Crippen molar-refractivity contribution in [1.82, 2.24) is 19.7 Å². The first kappa shape index (κ1) is 19.5. The number of pyridine rings is 2. The highest BCUT2D eigenvalue weighted by Gasteiger charge is 2.18. The fourth-order valence-corrected chi connectivity index (χ4v) is 3.18. The predicted molar refractivity (Wildman–Crippen MR) is 110 cm³/mol. The minimum absolute atomic E-state index is 0. The number of fused-ring (bicyclic) bond motifs is 1. The molecule has 0 saturated heterocycles. The van der Waals surface area contributed by atoms with Crippen LogP contribution in [0.4, 0.5) is 0 Å². The number of halogens is 1. The van der Waals surface area contributed by atoms with Crippen LogP contribution in [0.5, 0.6) is 0 Å². The normalized spacial score (nSPS) is 11.6. The largest absolute Gasteiger partial charge is 0.322 e. The van der Waals surface area contributed by atoms with E-state index in [4.69, 9.17) is 11.0 Å². The van der Waals surface area contributed by atoms with Crippen molar-refractivity contribution < 1.29 is 0 Å². The van der Waals surface area contributed by atoms with Gasteiger partial charge in [0, 0.05) is 23.7 Å². The van der Waals surface area contributed by atoms with E-state index in [1.807, 2.05) is 60.3 Å². The van der Waals surface area contributed by atoms with E-state index in [0.29, 0.717) is 12.1 Å². The zero-order valence-corrected chi connectivity index (χ0v) is 16.1. The summed E-state index contributed by atoms with van der Waals surface area (Å²) in [5, 5.41) is 14.7. The van der Waals surface area contributed by atoms with Crippen LogP contribution in [0.3, 0.4) is 0 Å². The summed E-state index contributed by atoms with van der Waals surface area (Å²) in [4.78, 5) is 8.94. The van der Waals surface area contributed by atoms with Gasteiger partial charge in [0.05, 0.1) is 29.1 Å². The van der Waals surface area contributed by atoms with Crippen LogP contribution in [0.25, 0.3) is 16.6 Å². The molecule has 0 aliphatic carbocycles. The molecule has 3 heterocycles. The molecule has 6 nitrogen and oxygen atoms in total. The average molecular weight is 391 g/mol. The number of nitriles is 1. The zero-order valence-electron chi connectivity index (χ0n) is 15.3. The van der Waals surface area contributed by atoms with Crippen molar-refractivity contribution in [2.45, 2.75) is 19.4 Å². The average Bonchev–Trinajstić information content (AvgIpc) is 3.13. The first-order valence-electron chi connectivity index (χ1n) is 8.67. The van der Waals surface area contributed by atoms with Gasteiger partial charge in [-0.25, -0.2) is 9.67 Å². The number of rotatable bonds is 4. The van der Waals surface area contributed by atoms with Gasteiger partial charge in [0.1, 0.15) is 11.8 Å². The third kappa shape index (κ3) is 3.58. The summed E-state index contributed by atoms with van der Waals surface area (Å²) in [5.74, 6) is 0. The van der Waals surface area contributed by atoms with E-state index in [1.165, 1.54) is 0 Å². The van der Waals surface area contributed by atoms with Crippen molar-refractivity contribution in [1.29, 1.82) is 5.26 Å². The van der Waals surface area contributed by atoms with E-state index < -0.39 is 0 Å². The van der Waals surface area contributed by atoms with Crippen LogP contribution in [0.1, 0.15) is 28.7 Å². The molecule has 7 heteroatoms. The van der Waals surface area contributed by atoms with Crippen molar-refractivity contribution in [2.24, 2.45) is 5.73 Å². The van der Waals surface area contributed by atoms with Crippen LogP contribution >= 0.6 is 12.4 Å². The molecule has 0 spiro atoms. The van der Waals surface area contributed by atoms with Crippen LogP contribution in [0.2, 0.25) is 0 Å². The van der Waals surface area contributed by atoms with Gasteiger partial charge in [-0.1, -0.05) is 24.3 Å². The Labute approximate surface area is 169 Å². The number of para-hydroxylation sites is 1. The van der Waals surface area contributed by atoms with Gasteiger partial charge in [-0.15, -0.1) is 12.4 Å². The van der Waals surface area contributed by atoms with Crippen molar-refractivity contribution in [3.8, 4) is 11.8 Å². The maximum absolute atomic E-state index is 9.11. The zero-order chi connectivity index (χ0) is 18.8. The number of hydrogen-bond acceptors (Lipinski definition) is 5.